The fourth-order valence-corrected chi connectivity index (χ4v) is 4.78. The van der Waals surface area contributed by atoms with Crippen molar-refractivity contribution in [1.29, 1.82) is 0 Å². The highest BCUT2D eigenvalue weighted by Gasteiger charge is 2.34. The van der Waals surface area contributed by atoms with Crippen molar-refractivity contribution < 1.29 is 0 Å². The maximum absolute atomic E-state index is 2.59. The van der Waals surface area contributed by atoms with Gasteiger partial charge in [0.25, 0.3) is 0 Å². The van der Waals surface area contributed by atoms with E-state index >= 15 is 0 Å². The first-order valence-corrected chi connectivity index (χ1v) is 10.1. The van der Waals surface area contributed by atoms with Crippen LogP contribution in [0.4, 0.5) is 0 Å². The lowest BCUT2D eigenvalue weighted by Crippen LogP contribution is -2.27. The number of hydrogen-bond donors (Lipinski definition) is 0. The van der Waals surface area contributed by atoms with Crippen molar-refractivity contribution in [2.45, 2.75) is 99.8 Å². The molecule has 4 unspecified atom stereocenters. The van der Waals surface area contributed by atoms with E-state index in [0.717, 1.165) is 23.7 Å². The maximum atomic E-state index is 2.59. The molecule has 0 aliphatic heterocycles. The van der Waals surface area contributed by atoms with Crippen molar-refractivity contribution in [3.63, 3.8) is 0 Å². The second kappa shape index (κ2) is 9.14. The standard InChI is InChI=1S/C22H42/c1-8-11-18(6)22(7,10-3)16-15-20-14-13-19(12-9-2)21(20)17(4)5/h13,17-18,20-21H,8-12,14-16H2,1-7H3. The van der Waals surface area contributed by atoms with Gasteiger partial charge >= 0.3 is 0 Å². The largest absolute Gasteiger partial charge is 0.0847 e. The highest BCUT2D eigenvalue weighted by molar-refractivity contribution is 5.16. The Hall–Kier alpha value is -0.260. The average Bonchev–Trinajstić information content (AvgIpc) is 2.88. The Morgan fingerprint density at radius 1 is 1.14 bits per heavy atom. The zero-order valence-electron chi connectivity index (χ0n) is 16.5. The minimum absolute atomic E-state index is 0.547. The summed E-state index contributed by atoms with van der Waals surface area (Å²) < 4.78 is 0. The van der Waals surface area contributed by atoms with E-state index in [-0.39, 0.29) is 0 Å². The first kappa shape index (κ1) is 19.8. The van der Waals surface area contributed by atoms with E-state index in [0.29, 0.717) is 5.41 Å². The molecule has 0 fully saturated rings. The molecule has 22 heavy (non-hydrogen) atoms. The Balaban J connectivity index is 2.66. The Labute approximate surface area is 141 Å². The van der Waals surface area contributed by atoms with Crippen molar-refractivity contribution in [1.82, 2.24) is 0 Å². The quantitative estimate of drug-likeness (QED) is 0.364. The smallest absolute Gasteiger partial charge is 0.0149 e. The van der Waals surface area contributed by atoms with E-state index in [1.54, 1.807) is 5.57 Å². The molecule has 0 aromatic heterocycles. The van der Waals surface area contributed by atoms with Crippen LogP contribution in [0.5, 0.6) is 0 Å². The van der Waals surface area contributed by atoms with E-state index in [2.05, 4.69) is 54.5 Å². The van der Waals surface area contributed by atoms with E-state index in [4.69, 9.17) is 0 Å². The van der Waals surface area contributed by atoms with Crippen LogP contribution in [-0.2, 0) is 0 Å². The predicted octanol–water partition coefficient (Wildman–Crippen LogP) is 7.64. The van der Waals surface area contributed by atoms with E-state index in [1.807, 2.05) is 0 Å². The van der Waals surface area contributed by atoms with Crippen LogP contribution in [0.3, 0.4) is 0 Å². The maximum Gasteiger partial charge on any atom is -0.0149 e. The molecule has 0 saturated heterocycles. The van der Waals surface area contributed by atoms with Gasteiger partial charge in [0.15, 0.2) is 0 Å². The van der Waals surface area contributed by atoms with Crippen LogP contribution in [0, 0.1) is 29.1 Å². The molecule has 0 N–H and O–H groups in total. The summed E-state index contributed by atoms with van der Waals surface area (Å²) >= 11 is 0. The highest BCUT2D eigenvalue weighted by atomic mass is 14.4. The van der Waals surface area contributed by atoms with Gasteiger partial charge in [-0.2, -0.15) is 0 Å². The summed E-state index contributed by atoms with van der Waals surface area (Å²) in [6, 6.07) is 0. The highest BCUT2D eigenvalue weighted by Crippen LogP contribution is 2.45. The van der Waals surface area contributed by atoms with Crippen molar-refractivity contribution in [3.05, 3.63) is 11.6 Å². The Morgan fingerprint density at radius 2 is 1.82 bits per heavy atom. The topological polar surface area (TPSA) is 0 Å². The van der Waals surface area contributed by atoms with Gasteiger partial charge in [-0.15, -0.1) is 0 Å². The molecule has 0 aromatic rings. The fraction of sp³-hybridized carbons (Fsp3) is 0.909. The van der Waals surface area contributed by atoms with Gasteiger partial charge in [-0.3, -0.25) is 0 Å². The van der Waals surface area contributed by atoms with E-state index < -0.39 is 0 Å². The summed E-state index contributed by atoms with van der Waals surface area (Å²) in [6.45, 7) is 17.0. The van der Waals surface area contributed by atoms with Gasteiger partial charge in [0.05, 0.1) is 0 Å². The second-order valence-electron chi connectivity index (χ2n) is 8.53. The molecule has 130 valence electrons. The molecule has 1 aliphatic rings. The van der Waals surface area contributed by atoms with Gasteiger partial charge in [-0.1, -0.05) is 85.8 Å². The van der Waals surface area contributed by atoms with Gasteiger partial charge in [-0.05, 0) is 54.8 Å². The summed E-state index contributed by atoms with van der Waals surface area (Å²) in [5.74, 6) is 3.46. The van der Waals surface area contributed by atoms with Crippen LogP contribution in [0.15, 0.2) is 11.6 Å². The van der Waals surface area contributed by atoms with E-state index in [1.165, 1.54) is 51.4 Å². The molecule has 1 rings (SSSR count). The second-order valence-corrected chi connectivity index (χ2v) is 8.53. The summed E-state index contributed by atoms with van der Waals surface area (Å²) in [4.78, 5) is 0. The molecule has 0 aromatic carbocycles. The van der Waals surface area contributed by atoms with Crippen LogP contribution < -0.4 is 0 Å². The first-order valence-electron chi connectivity index (χ1n) is 10.1. The summed E-state index contributed by atoms with van der Waals surface area (Å²) in [5, 5.41) is 0. The molecule has 0 bridgehead atoms. The lowest BCUT2D eigenvalue weighted by atomic mass is 9.68. The summed E-state index contributed by atoms with van der Waals surface area (Å²) in [6.07, 6.45) is 13.5. The molecule has 0 heteroatoms. The third kappa shape index (κ3) is 4.87. The third-order valence-electron chi connectivity index (χ3n) is 6.68. The lowest BCUT2D eigenvalue weighted by Gasteiger charge is -2.37. The predicted molar refractivity (Wildman–Crippen MR) is 101 cm³/mol. The minimum Gasteiger partial charge on any atom is -0.0847 e. The molecular weight excluding hydrogens is 264 g/mol. The molecular formula is C22H42. The van der Waals surface area contributed by atoms with Crippen LogP contribution in [0.1, 0.15) is 99.8 Å². The molecule has 0 amide bonds. The molecule has 0 nitrogen and oxygen atoms in total. The van der Waals surface area contributed by atoms with Crippen molar-refractivity contribution in [3.8, 4) is 0 Å². The monoisotopic (exact) mass is 306 g/mol. The number of hydrogen-bond acceptors (Lipinski definition) is 0. The van der Waals surface area contributed by atoms with Gasteiger partial charge in [0.2, 0.25) is 0 Å². The molecule has 1 aliphatic carbocycles. The van der Waals surface area contributed by atoms with Gasteiger partial charge < -0.3 is 0 Å². The minimum atomic E-state index is 0.547. The molecule has 4 atom stereocenters. The Morgan fingerprint density at radius 3 is 2.32 bits per heavy atom. The zero-order chi connectivity index (χ0) is 16.8. The summed E-state index contributed by atoms with van der Waals surface area (Å²) in [5.41, 5.74) is 2.33. The van der Waals surface area contributed by atoms with Crippen LogP contribution >= 0.6 is 0 Å². The van der Waals surface area contributed by atoms with Gasteiger partial charge in [-0.25, -0.2) is 0 Å². The van der Waals surface area contributed by atoms with Crippen molar-refractivity contribution >= 4 is 0 Å². The third-order valence-corrected chi connectivity index (χ3v) is 6.68. The number of rotatable bonds is 10. The first-order chi connectivity index (χ1) is 10.4. The van der Waals surface area contributed by atoms with Gasteiger partial charge in [0, 0.05) is 0 Å². The molecule has 0 heterocycles. The van der Waals surface area contributed by atoms with E-state index in [9.17, 15) is 0 Å². The molecule has 0 radical (unpaired) electrons. The SMILES string of the molecule is CCCC1=CCC(CCC(C)(CC)C(C)CCC)C1C(C)C. The fourth-order valence-electron chi connectivity index (χ4n) is 4.78. The number of allylic oxidation sites excluding steroid dienone is 2. The van der Waals surface area contributed by atoms with Crippen molar-refractivity contribution in [2.75, 3.05) is 0 Å². The summed E-state index contributed by atoms with van der Waals surface area (Å²) in [7, 11) is 0. The van der Waals surface area contributed by atoms with Crippen molar-refractivity contribution in [2.24, 2.45) is 29.1 Å². The Bertz CT molecular complexity index is 338. The lowest BCUT2D eigenvalue weighted by molar-refractivity contribution is 0.140. The van der Waals surface area contributed by atoms with Crippen LogP contribution in [-0.4, -0.2) is 0 Å². The van der Waals surface area contributed by atoms with Crippen LogP contribution in [0.25, 0.3) is 0 Å². The van der Waals surface area contributed by atoms with Gasteiger partial charge in [0.1, 0.15) is 0 Å². The molecule has 0 spiro atoms. The Kier molecular flexibility index (Phi) is 8.22. The normalized spacial score (nSPS) is 26.1. The average molecular weight is 307 g/mol. The zero-order valence-corrected chi connectivity index (χ0v) is 16.5. The molecule has 0 saturated carbocycles. The van der Waals surface area contributed by atoms with Crippen LogP contribution in [0.2, 0.25) is 0 Å².